The molecule has 0 spiro atoms. The van der Waals surface area contributed by atoms with Gasteiger partial charge in [-0.25, -0.2) is 0 Å². The second-order valence-electron chi connectivity index (χ2n) is 4.98. The van der Waals surface area contributed by atoms with Gasteiger partial charge in [-0.2, -0.15) is 0 Å². The maximum absolute atomic E-state index is 5.63. The molecule has 1 N–H and O–H groups in total. The van der Waals surface area contributed by atoms with Gasteiger partial charge in [-0.15, -0.1) is 0 Å². The zero-order chi connectivity index (χ0) is 15.5. The van der Waals surface area contributed by atoms with Crippen LogP contribution in [-0.4, -0.2) is 27.4 Å². The molecule has 116 valence electrons. The monoisotopic (exact) mass is 301 g/mol. The van der Waals surface area contributed by atoms with E-state index in [2.05, 4.69) is 5.32 Å². The van der Waals surface area contributed by atoms with Crippen LogP contribution in [0.1, 0.15) is 5.56 Å². The SMILES string of the molecule is COc1cc2c(cc1Nc1cccc(C)c1OC)OCCO2. The lowest BCUT2D eigenvalue weighted by Gasteiger charge is -2.21. The number of ether oxygens (including phenoxy) is 4. The van der Waals surface area contributed by atoms with E-state index in [9.17, 15) is 0 Å². The molecule has 3 rings (SSSR count). The summed E-state index contributed by atoms with van der Waals surface area (Å²) in [5.74, 6) is 2.90. The molecule has 0 aromatic heterocycles. The number of rotatable bonds is 4. The van der Waals surface area contributed by atoms with E-state index < -0.39 is 0 Å². The van der Waals surface area contributed by atoms with Crippen LogP contribution in [0.3, 0.4) is 0 Å². The predicted octanol–water partition coefficient (Wildman–Crippen LogP) is 3.53. The van der Waals surface area contributed by atoms with Crippen molar-refractivity contribution in [3.63, 3.8) is 0 Å². The Hall–Kier alpha value is -2.56. The topological polar surface area (TPSA) is 49.0 Å². The first-order valence-corrected chi connectivity index (χ1v) is 7.11. The van der Waals surface area contributed by atoms with Crippen molar-refractivity contribution in [3.05, 3.63) is 35.9 Å². The first-order chi connectivity index (χ1) is 10.7. The van der Waals surface area contributed by atoms with Gasteiger partial charge in [-0.05, 0) is 18.6 Å². The molecule has 0 saturated heterocycles. The molecule has 2 aromatic rings. The van der Waals surface area contributed by atoms with Crippen molar-refractivity contribution in [1.29, 1.82) is 0 Å². The lowest BCUT2D eigenvalue weighted by molar-refractivity contribution is 0.171. The maximum atomic E-state index is 5.63. The Bertz CT molecular complexity index is 685. The minimum Gasteiger partial charge on any atom is -0.494 e. The number of methoxy groups -OCH3 is 2. The van der Waals surface area contributed by atoms with Crippen LogP contribution in [0.25, 0.3) is 0 Å². The average molecular weight is 301 g/mol. The highest BCUT2D eigenvalue weighted by Gasteiger charge is 2.17. The van der Waals surface area contributed by atoms with Crippen LogP contribution in [0.15, 0.2) is 30.3 Å². The van der Waals surface area contributed by atoms with Crippen molar-refractivity contribution in [1.82, 2.24) is 0 Å². The van der Waals surface area contributed by atoms with Crippen LogP contribution in [0.4, 0.5) is 11.4 Å². The first-order valence-electron chi connectivity index (χ1n) is 7.11. The fourth-order valence-electron chi connectivity index (χ4n) is 2.50. The molecule has 0 unspecified atom stereocenters. The molecule has 1 heterocycles. The van der Waals surface area contributed by atoms with E-state index in [4.69, 9.17) is 18.9 Å². The van der Waals surface area contributed by atoms with Crippen molar-refractivity contribution in [2.75, 3.05) is 32.8 Å². The summed E-state index contributed by atoms with van der Waals surface area (Å²) >= 11 is 0. The van der Waals surface area contributed by atoms with Crippen molar-refractivity contribution < 1.29 is 18.9 Å². The van der Waals surface area contributed by atoms with Crippen LogP contribution < -0.4 is 24.3 Å². The standard InChI is InChI=1S/C17H19NO4/c1-11-5-4-6-12(17(11)20-3)18-13-9-15-16(10-14(13)19-2)22-8-7-21-15/h4-6,9-10,18H,7-8H2,1-3H3. The third kappa shape index (κ3) is 2.62. The minimum absolute atomic E-state index is 0.548. The molecular weight excluding hydrogens is 282 g/mol. The molecule has 5 heteroatoms. The summed E-state index contributed by atoms with van der Waals surface area (Å²) in [6.07, 6.45) is 0. The van der Waals surface area contributed by atoms with Crippen LogP contribution in [0, 0.1) is 6.92 Å². The largest absolute Gasteiger partial charge is 0.494 e. The Labute approximate surface area is 129 Å². The van der Waals surface area contributed by atoms with Crippen molar-refractivity contribution in [2.24, 2.45) is 0 Å². The van der Waals surface area contributed by atoms with E-state index in [0.29, 0.717) is 30.5 Å². The van der Waals surface area contributed by atoms with E-state index in [1.807, 2.05) is 37.3 Å². The zero-order valence-corrected chi connectivity index (χ0v) is 12.9. The molecule has 0 aliphatic carbocycles. The lowest BCUT2D eigenvalue weighted by Crippen LogP contribution is -2.15. The van der Waals surface area contributed by atoms with Crippen molar-refractivity contribution >= 4 is 11.4 Å². The highest BCUT2D eigenvalue weighted by molar-refractivity contribution is 5.74. The Morgan fingerprint density at radius 1 is 0.955 bits per heavy atom. The van der Waals surface area contributed by atoms with Crippen LogP contribution in [0.2, 0.25) is 0 Å². The second-order valence-corrected chi connectivity index (χ2v) is 4.98. The number of anilines is 2. The summed E-state index contributed by atoms with van der Waals surface area (Å²) in [5, 5.41) is 3.35. The van der Waals surface area contributed by atoms with Gasteiger partial charge >= 0.3 is 0 Å². The van der Waals surface area contributed by atoms with Gasteiger partial charge in [0.1, 0.15) is 24.7 Å². The van der Waals surface area contributed by atoms with Gasteiger partial charge in [0.15, 0.2) is 11.5 Å². The van der Waals surface area contributed by atoms with E-state index in [1.54, 1.807) is 14.2 Å². The Kier molecular flexibility index (Phi) is 3.96. The van der Waals surface area contributed by atoms with Crippen LogP contribution in [-0.2, 0) is 0 Å². The lowest BCUT2D eigenvalue weighted by atomic mass is 10.1. The van der Waals surface area contributed by atoms with Gasteiger partial charge in [0.2, 0.25) is 0 Å². The molecule has 1 aliphatic heterocycles. The summed E-state index contributed by atoms with van der Waals surface area (Å²) in [7, 11) is 3.29. The second kappa shape index (κ2) is 6.05. The Balaban J connectivity index is 2.00. The van der Waals surface area contributed by atoms with E-state index in [-0.39, 0.29) is 0 Å². The van der Waals surface area contributed by atoms with Gasteiger partial charge in [0, 0.05) is 12.1 Å². The van der Waals surface area contributed by atoms with Gasteiger partial charge in [-0.3, -0.25) is 0 Å². The van der Waals surface area contributed by atoms with E-state index in [1.165, 1.54) is 0 Å². The highest BCUT2D eigenvalue weighted by atomic mass is 16.6. The molecule has 5 nitrogen and oxygen atoms in total. The molecule has 2 aromatic carbocycles. The average Bonchev–Trinajstić information content (AvgIpc) is 2.54. The molecule has 0 amide bonds. The minimum atomic E-state index is 0.548. The van der Waals surface area contributed by atoms with Gasteiger partial charge < -0.3 is 24.3 Å². The normalized spacial score (nSPS) is 12.7. The summed E-state index contributed by atoms with van der Waals surface area (Å²) in [5.41, 5.74) is 2.73. The van der Waals surface area contributed by atoms with Gasteiger partial charge in [-0.1, -0.05) is 12.1 Å². The first kappa shape index (κ1) is 14.4. The fourth-order valence-corrected chi connectivity index (χ4v) is 2.50. The molecular formula is C17H19NO4. The summed E-state index contributed by atoms with van der Waals surface area (Å²) in [4.78, 5) is 0. The highest BCUT2D eigenvalue weighted by Crippen LogP contribution is 2.42. The van der Waals surface area contributed by atoms with Crippen molar-refractivity contribution in [3.8, 4) is 23.0 Å². The molecule has 0 radical (unpaired) electrons. The van der Waals surface area contributed by atoms with Gasteiger partial charge in [0.25, 0.3) is 0 Å². The van der Waals surface area contributed by atoms with Crippen LogP contribution in [0.5, 0.6) is 23.0 Å². The summed E-state index contributed by atoms with van der Waals surface area (Å²) in [6.45, 7) is 3.10. The number of nitrogens with one attached hydrogen (secondary N) is 1. The molecule has 0 bridgehead atoms. The quantitative estimate of drug-likeness (QED) is 0.936. The van der Waals surface area contributed by atoms with E-state index >= 15 is 0 Å². The van der Waals surface area contributed by atoms with Gasteiger partial charge in [0.05, 0.1) is 25.6 Å². The summed E-state index contributed by atoms with van der Waals surface area (Å²) in [6, 6.07) is 9.66. The number of fused-ring (bicyclic) bond motifs is 1. The smallest absolute Gasteiger partial charge is 0.165 e. The third-order valence-corrected chi connectivity index (χ3v) is 3.55. The molecule has 0 atom stereocenters. The fraction of sp³-hybridized carbons (Fsp3) is 0.294. The zero-order valence-electron chi connectivity index (χ0n) is 12.9. The number of hydrogen-bond donors (Lipinski definition) is 1. The maximum Gasteiger partial charge on any atom is 0.165 e. The summed E-state index contributed by atoms with van der Waals surface area (Å²) < 4.78 is 22.1. The number of para-hydroxylation sites is 1. The number of aryl methyl sites for hydroxylation is 1. The number of benzene rings is 2. The van der Waals surface area contributed by atoms with E-state index in [0.717, 1.165) is 22.7 Å². The Morgan fingerprint density at radius 2 is 1.68 bits per heavy atom. The third-order valence-electron chi connectivity index (χ3n) is 3.55. The predicted molar refractivity (Wildman–Crippen MR) is 85.0 cm³/mol. The number of hydrogen-bond acceptors (Lipinski definition) is 5. The van der Waals surface area contributed by atoms with Crippen molar-refractivity contribution in [2.45, 2.75) is 6.92 Å². The molecule has 0 fully saturated rings. The molecule has 1 aliphatic rings. The van der Waals surface area contributed by atoms with Crippen LogP contribution >= 0.6 is 0 Å². The Morgan fingerprint density at radius 3 is 2.36 bits per heavy atom. The molecule has 0 saturated carbocycles. The molecule has 22 heavy (non-hydrogen) atoms.